The minimum atomic E-state index is -0.120. The monoisotopic (exact) mass is 369 g/mol. The molecule has 1 atom stereocenters. The predicted octanol–water partition coefficient (Wildman–Crippen LogP) is 2.39. The Balaban J connectivity index is 1.68. The highest BCUT2D eigenvalue weighted by Crippen LogP contribution is 2.33. The standard InChI is InChI=1S/C19H15N9/c1-11(14-8-25-27(9-14)15-2-3-15)28-19-16(18(21)23-10-24-19)17(26-28)13-4-12(5-20)6-22-7-13/h2,4,6-11H,3H2,1H3,(H2,21,23,24). The number of allylic oxidation sites excluding steroid dienone is 2. The van der Waals surface area contributed by atoms with E-state index < -0.39 is 0 Å². The van der Waals surface area contributed by atoms with Gasteiger partial charge in [0.05, 0.1) is 23.2 Å². The first-order chi connectivity index (χ1) is 13.7. The van der Waals surface area contributed by atoms with Crippen molar-refractivity contribution in [1.29, 1.82) is 5.26 Å². The molecule has 0 bridgehead atoms. The fourth-order valence-corrected chi connectivity index (χ4v) is 3.18. The Kier molecular flexibility index (Phi) is 3.45. The molecule has 4 aromatic rings. The van der Waals surface area contributed by atoms with Crippen LogP contribution < -0.4 is 5.73 Å². The first-order valence-electron chi connectivity index (χ1n) is 8.74. The van der Waals surface area contributed by atoms with Crippen molar-refractivity contribution in [2.75, 3.05) is 5.73 Å². The molecule has 1 aliphatic rings. The topological polar surface area (TPSA) is 124 Å². The first-order valence-corrected chi connectivity index (χ1v) is 8.74. The molecule has 0 amide bonds. The van der Waals surface area contributed by atoms with Crippen LogP contribution in [0, 0.1) is 11.3 Å². The van der Waals surface area contributed by atoms with Gasteiger partial charge in [-0.25, -0.2) is 19.3 Å². The van der Waals surface area contributed by atoms with E-state index in [1.807, 2.05) is 28.7 Å². The molecule has 4 heterocycles. The van der Waals surface area contributed by atoms with Crippen molar-refractivity contribution in [3.05, 3.63) is 54.4 Å². The van der Waals surface area contributed by atoms with Gasteiger partial charge >= 0.3 is 0 Å². The number of nitriles is 1. The number of hydrogen-bond donors (Lipinski definition) is 1. The van der Waals surface area contributed by atoms with Crippen LogP contribution in [0.2, 0.25) is 0 Å². The highest BCUT2D eigenvalue weighted by molar-refractivity contribution is 5.98. The van der Waals surface area contributed by atoms with Crippen LogP contribution in [0.1, 0.15) is 30.5 Å². The molecule has 136 valence electrons. The molecule has 1 unspecified atom stereocenters. The summed E-state index contributed by atoms with van der Waals surface area (Å²) in [5, 5.41) is 19.0. The van der Waals surface area contributed by atoms with Crippen molar-refractivity contribution in [1.82, 2.24) is 34.5 Å². The Bertz CT molecular complexity index is 1290. The Labute approximate surface area is 159 Å². The van der Waals surface area contributed by atoms with Crippen LogP contribution in [0.15, 0.2) is 43.3 Å². The molecule has 2 N–H and O–H groups in total. The molecule has 0 aliphatic heterocycles. The van der Waals surface area contributed by atoms with E-state index in [-0.39, 0.29) is 6.04 Å². The summed E-state index contributed by atoms with van der Waals surface area (Å²) in [6.07, 6.45) is 11.5. The summed E-state index contributed by atoms with van der Waals surface area (Å²) >= 11 is 0. The van der Waals surface area contributed by atoms with Gasteiger partial charge in [-0.1, -0.05) is 6.08 Å². The largest absolute Gasteiger partial charge is 0.383 e. The van der Waals surface area contributed by atoms with Crippen molar-refractivity contribution in [2.45, 2.75) is 19.4 Å². The number of anilines is 1. The van der Waals surface area contributed by atoms with Crippen molar-refractivity contribution in [3.8, 4) is 17.3 Å². The van der Waals surface area contributed by atoms with Crippen LogP contribution in [0.4, 0.5) is 5.82 Å². The van der Waals surface area contributed by atoms with Gasteiger partial charge in [-0.05, 0) is 13.0 Å². The third-order valence-electron chi connectivity index (χ3n) is 4.79. The normalized spacial score (nSPS) is 13.9. The van der Waals surface area contributed by atoms with E-state index in [1.54, 1.807) is 12.3 Å². The molecule has 4 aromatic heterocycles. The van der Waals surface area contributed by atoms with E-state index in [2.05, 4.69) is 32.2 Å². The van der Waals surface area contributed by atoms with Gasteiger partial charge in [0.25, 0.3) is 0 Å². The van der Waals surface area contributed by atoms with Crippen molar-refractivity contribution in [3.63, 3.8) is 0 Å². The molecular formula is C19H15N9. The average Bonchev–Trinajstić information content (AvgIpc) is 3.31. The number of pyridine rings is 1. The minimum absolute atomic E-state index is 0.120. The minimum Gasteiger partial charge on any atom is -0.383 e. The van der Waals surface area contributed by atoms with Crippen LogP contribution in [0.5, 0.6) is 0 Å². The van der Waals surface area contributed by atoms with Gasteiger partial charge in [0, 0.05) is 41.8 Å². The summed E-state index contributed by atoms with van der Waals surface area (Å²) in [6, 6.07) is 3.71. The zero-order valence-electron chi connectivity index (χ0n) is 15.0. The van der Waals surface area contributed by atoms with E-state index in [0.717, 1.165) is 12.0 Å². The van der Waals surface area contributed by atoms with Crippen molar-refractivity contribution < 1.29 is 0 Å². The number of nitrogens with zero attached hydrogens (tertiary/aromatic N) is 8. The second-order valence-electron chi connectivity index (χ2n) is 6.62. The predicted molar refractivity (Wildman–Crippen MR) is 103 cm³/mol. The van der Waals surface area contributed by atoms with Gasteiger partial charge in [-0.2, -0.15) is 15.5 Å². The lowest BCUT2D eigenvalue weighted by Gasteiger charge is -2.10. The summed E-state index contributed by atoms with van der Waals surface area (Å²) in [5.74, 6) is 0.333. The fourth-order valence-electron chi connectivity index (χ4n) is 3.18. The summed E-state index contributed by atoms with van der Waals surface area (Å²) in [7, 11) is 0. The third kappa shape index (κ3) is 2.51. The molecule has 0 saturated carbocycles. The molecule has 0 aromatic carbocycles. The van der Waals surface area contributed by atoms with Gasteiger partial charge in [0.15, 0.2) is 5.65 Å². The average molecular weight is 369 g/mol. The number of rotatable bonds is 4. The lowest BCUT2D eigenvalue weighted by molar-refractivity contribution is 0.580. The lowest BCUT2D eigenvalue weighted by atomic mass is 10.1. The van der Waals surface area contributed by atoms with Gasteiger partial charge in [-0.15, -0.1) is 0 Å². The van der Waals surface area contributed by atoms with Crippen molar-refractivity contribution >= 4 is 22.5 Å². The van der Waals surface area contributed by atoms with Gasteiger partial charge in [0.1, 0.15) is 23.9 Å². The summed E-state index contributed by atoms with van der Waals surface area (Å²) in [4.78, 5) is 12.7. The third-order valence-corrected chi connectivity index (χ3v) is 4.79. The van der Waals surface area contributed by atoms with Gasteiger partial charge in [-0.3, -0.25) is 4.98 Å². The molecule has 0 radical (unpaired) electrons. The van der Waals surface area contributed by atoms with Gasteiger partial charge < -0.3 is 5.73 Å². The van der Waals surface area contributed by atoms with E-state index >= 15 is 0 Å². The summed E-state index contributed by atoms with van der Waals surface area (Å²) < 4.78 is 3.69. The molecule has 0 fully saturated rings. The molecule has 9 heteroatoms. The van der Waals surface area contributed by atoms with Crippen molar-refractivity contribution in [2.24, 2.45) is 0 Å². The fraction of sp³-hybridized carbons (Fsp3) is 0.158. The highest BCUT2D eigenvalue weighted by atomic mass is 15.3. The maximum absolute atomic E-state index is 9.19. The van der Waals surface area contributed by atoms with Crippen LogP contribution in [0.3, 0.4) is 0 Å². The second kappa shape index (κ2) is 5.99. The second-order valence-corrected chi connectivity index (χ2v) is 6.62. The molecule has 1 aliphatic carbocycles. The number of fused-ring (bicyclic) bond motifs is 1. The number of aromatic nitrogens is 7. The van der Waals surface area contributed by atoms with Crippen LogP contribution >= 0.6 is 0 Å². The maximum Gasteiger partial charge on any atom is 0.164 e. The molecular weight excluding hydrogens is 354 g/mol. The Morgan fingerprint density at radius 1 is 1.25 bits per heavy atom. The Hall–Kier alpha value is -4.06. The quantitative estimate of drug-likeness (QED) is 0.585. The van der Waals surface area contributed by atoms with Crippen LogP contribution in [0.25, 0.3) is 28.0 Å². The molecule has 28 heavy (non-hydrogen) atoms. The zero-order chi connectivity index (χ0) is 19.3. The molecule has 0 saturated heterocycles. The number of nitrogens with two attached hydrogens (primary N) is 1. The first kappa shape index (κ1) is 16.1. The smallest absolute Gasteiger partial charge is 0.164 e. The lowest BCUT2D eigenvalue weighted by Crippen LogP contribution is -2.09. The molecule has 9 nitrogen and oxygen atoms in total. The SMILES string of the molecule is CC(c1cnn(C2=CC2)c1)n1nc(-c2cncc(C#N)c2)c2c(N)ncnc21. The van der Waals surface area contributed by atoms with E-state index in [4.69, 9.17) is 10.8 Å². The highest BCUT2D eigenvalue weighted by Gasteiger charge is 2.22. The zero-order valence-corrected chi connectivity index (χ0v) is 15.0. The number of hydrogen-bond acceptors (Lipinski definition) is 7. The maximum atomic E-state index is 9.19. The number of nitrogen functional groups attached to an aromatic ring is 1. The van der Waals surface area contributed by atoms with E-state index in [9.17, 15) is 5.26 Å². The summed E-state index contributed by atoms with van der Waals surface area (Å²) in [6.45, 7) is 2.03. The van der Waals surface area contributed by atoms with Gasteiger partial charge in [0.2, 0.25) is 0 Å². The Morgan fingerprint density at radius 2 is 2.11 bits per heavy atom. The summed E-state index contributed by atoms with van der Waals surface area (Å²) in [5.41, 5.74) is 10.7. The van der Waals surface area contributed by atoms with E-state index in [1.165, 1.54) is 18.2 Å². The Morgan fingerprint density at radius 3 is 2.89 bits per heavy atom. The van der Waals surface area contributed by atoms with E-state index in [0.29, 0.717) is 33.7 Å². The molecule has 0 spiro atoms. The molecule has 5 rings (SSSR count). The van der Waals surface area contributed by atoms with Crippen LogP contribution in [-0.4, -0.2) is 34.5 Å². The van der Waals surface area contributed by atoms with Crippen LogP contribution in [-0.2, 0) is 0 Å².